The minimum absolute atomic E-state index is 0.0689. The predicted molar refractivity (Wildman–Crippen MR) is 119 cm³/mol. The molecule has 0 saturated heterocycles. The average Bonchev–Trinajstić information content (AvgIpc) is 2.76. The number of nitrogens with one attached hydrogen (secondary N) is 1. The van der Waals surface area contributed by atoms with Crippen LogP contribution in [-0.2, 0) is 9.53 Å². The third kappa shape index (κ3) is 5.48. The smallest absolute Gasteiger partial charge is 0.339 e. The summed E-state index contributed by atoms with van der Waals surface area (Å²) in [6, 6.07) is 14.8. The SMILES string of the molecule is Cc1ccc(C(=O)c2ccccc2C(=O)OCC(=O)Nc2nc(C)c(Cl)cc2Cl)cc1. The zero-order valence-electron chi connectivity index (χ0n) is 16.7. The molecule has 0 saturated carbocycles. The normalized spacial score (nSPS) is 10.5. The average molecular weight is 457 g/mol. The molecule has 31 heavy (non-hydrogen) atoms. The van der Waals surface area contributed by atoms with Crippen molar-refractivity contribution in [3.05, 3.63) is 92.6 Å². The van der Waals surface area contributed by atoms with Crippen LogP contribution >= 0.6 is 23.2 Å². The number of aryl methyl sites for hydroxylation is 2. The number of pyridine rings is 1. The molecule has 6 nitrogen and oxygen atoms in total. The van der Waals surface area contributed by atoms with Crippen LogP contribution in [0.2, 0.25) is 10.0 Å². The lowest BCUT2D eigenvalue weighted by molar-refractivity contribution is -0.119. The van der Waals surface area contributed by atoms with Gasteiger partial charge in [0.15, 0.2) is 18.2 Å². The van der Waals surface area contributed by atoms with Gasteiger partial charge in [0.05, 0.1) is 21.3 Å². The number of esters is 1. The fraction of sp³-hybridized carbons (Fsp3) is 0.130. The second-order valence-corrected chi connectivity index (χ2v) is 7.57. The lowest BCUT2D eigenvalue weighted by Crippen LogP contribution is -2.22. The maximum atomic E-state index is 12.8. The Hall–Kier alpha value is -3.22. The standard InChI is InChI=1S/C23H18Cl2N2O4/c1-13-7-9-15(10-8-13)21(29)16-5-3-4-6-17(16)23(30)31-12-20(28)27-22-19(25)11-18(24)14(2)26-22/h3-11H,12H2,1-2H3,(H,26,27,28). The summed E-state index contributed by atoms with van der Waals surface area (Å²) in [7, 11) is 0. The number of hydrogen-bond acceptors (Lipinski definition) is 5. The van der Waals surface area contributed by atoms with Gasteiger partial charge in [-0.25, -0.2) is 9.78 Å². The number of rotatable bonds is 6. The van der Waals surface area contributed by atoms with Gasteiger partial charge in [-0.3, -0.25) is 9.59 Å². The Morgan fingerprint density at radius 2 is 1.58 bits per heavy atom. The molecule has 1 amide bonds. The maximum Gasteiger partial charge on any atom is 0.339 e. The molecule has 2 aromatic carbocycles. The number of nitrogens with zero attached hydrogens (tertiary/aromatic N) is 1. The summed E-state index contributed by atoms with van der Waals surface area (Å²) in [6.07, 6.45) is 0. The lowest BCUT2D eigenvalue weighted by atomic mass is 9.98. The molecular formula is C23H18Cl2N2O4. The van der Waals surface area contributed by atoms with Crippen molar-refractivity contribution in [3.8, 4) is 0 Å². The first-order valence-corrected chi connectivity index (χ1v) is 10.0. The summed E-state index contributed by atoms with van der Waals surface area (Å²) in [5, 5.41) is 2.99. The zero-order chi connectivity index (χ0) is 22.5. The Labute approximate surface area is 189 Å². The van der Waals surface area contributed by atoms with Gasteiger partial charge in [-0.15, -0.1) is 0 Å². The van der Waals surface area contributed by atoms with Crippen LogP contribution in [0.15, 0.2) is 54.6 Å². The van der Waals surface area contributed by atoms with Gasteiger partial charge in [0.2, 0.25) is 0 Å². The molecule has 0 spiro atoms. The van der Waals surface area contributed by atoms with Crippen LogP contribution in [0.3, 0.4) is 0 Å². The van der Waals surface area contributed by atoms with Crippen LogP contribution in [0.1, 0.15) is 37.5 Å². The first kappa shape index (κ1) is 22.5. The second kappa shape index (κ2) is 9.73. The second-order valence-electron chi connectivity index (χ2n) is 6.75. The van der Waals surface area contributed by atoms with Crippen molar-refractivity contribution in [2.24, 2.45) is 0 Å². The Morgan fingerprint density at radius 1 is 0.935 bits per heavy atom. The predicted octanol–water partition coefficient (Wildman–Crippen LogP) is 5.03. The van der Waals surface area contributed by atoms with Crippen molar-refractivity contribution < 1.29 is 19.1 Å². The molecule has 3 rings (SSSR count). The number of carbonyl (C=O) groups is 3. The molecule has 1 aromatic heterocycles. The van der Waals surface area contributed by atoms with Crippen LogP contribution in [0.25, 0.3) is 0 Å². The lowest BCUT2D eigenvalue weighted by Gasteiger charge is -2.11. The molecule has 0 fully saturated rings. The molecule has 0 radical (unpaired) electrons. The summed E-state index contributed by atoms with van der Waals surface area (Å²) < 4.78 is 5.10. The summed E-state index contributed by atoms with van der Waals surface area (Å²) in [5.74, 6) is -1.63. The highest BCUT2D eigenvalue weighted by Gasteiger charge is 2.20. The fourth-order valence-electron chi connectivity index (χ4n) is 2.74. The van der Waals surface area contributed by atoms with E-state index in [0.717, 1.165) is 5.56 Å². The summed E-state index contributed by atoms with van der Waals surface area (Å²) in [4.78, 5) is 41.7. The van der Waals surface area contributed by atoms with Crippen LogP contribution in [0.4, 0.5) is 5.82 Å². The third-order valence-electron chi connectivity index (χ3n) is 4.40. The topological polar surface area (TPSA) is 85.4 Å². The van der Waals surface area contributed by atoms with E-state index in [1.807, 2.05) is 19.1 Å². The van der Waals surface area contributed by atoms with Crippen molar-refractivity contribution in [1.29, 1.82) is 0 Å². The van der Waals surface area contributed by atoms with E-state index in [9.17, 15) is 14.4 Å². The van der Waals surface area contributed by atoms with Gasteiger partial charge in [0, 0.05) is 11.1 Å². The maximum absolute atomic E-state index is 12.8. The van der Waals surface area contributed by atoms with E-state index < -0.39 is 18.5 Å². The molecule has 1 heterocycles. The highest BCUT2D eigenvalue weighted by Crippen LogP contribution is 2.25. The van der Waals surface area contributed by atoms with Gasteiger partial charge < -0.3 is 10.1 Å². The Balaban J connectivity index is 1.70. The number of anilines is 1. The van der Waals surface area contributed by atoms with Gasteiger partial charge in [-0.05, 0) is 26.0 Å². The Kier molecular flexibility index (Phi) is 7.05. The van der Waals surface area contributed by atoms with E-state index in [-0.39, 0.29) is 27.8 Å². The largest absolute Gasteiger partial charge is 0.452 e. The number of carbonyl (C=O) groups excluding carboxylic acids is 3. The third-order valence-corrected chi connectivity index (χ3v) is 5.07. The summed E-state index contributed by atoms with van der Waals surface area (Å²) in [5.41, 5.74) is 2.21. The van der Waals surface area contributed by atoms with E-state index in [0.29, 0.717) is 16.3 Å². The minimum Gasteiger partial charge on any atom is -0.452 e. The molecule has 1 N–H and O–H groups in total. The minimum atomic E-state index is -0.794. The van der Waals surface area contributed by atoms with Crippen molar-refractivity contribution in [2.45, 2.75) is 13.8 Å². The van der Waals surface area contributed by atoms with Crippen molar-refractivity contribution in [3.63, 3.8) is 0 Å². The fourth-order valence-corrected chi connectivity index (χ4v) is 3.15. The molecule has 3 aromatic rings. The molecule has 0 aliphatic heterocycles. The highest BCUT2D eigenvalue weighted by atomic mass is 35.5. The number of benzene rings is 2. The number of amides is 1. The van der Waals surface area contributed by atoms with Gasteiger partial charge in [0.1, 0.15) is 0 Å². The van der Waals surface area contributed by atoms with Crippen molar-refractivity contribution in [1.82, 2.24) is 4.98 Å². The molecule has 0 aliphatic carbocycles. The van der Waals surface area contributed by atoms with Gasteiger partial charge >= 0.3 is 5.97 Å². The number of hydrogen-bond donors (Lipinski definition) is 1. The molecule has 158 valence electrons. The van der Waals surface area contributed by atoms with E-state index in [2.05, 4.69) is 10.3 Å². The number of ether oxygens (including phenoxy) is 1. The van der Waals surface area contributed by atoms with Crippen LogP contribution in [0, 0.1) is 13.8 Å². The summed E-state index contributed by atoms with van der Waals surface area (Å²) in [6.45, 7) is 3.00. The highest BCUT2D eigenvalue weighted by molar-refractivity contribution is 6.36. The van der Waals surface area contributed by atoms with Crippen LogP contribution in [0.5, 0.6) is 0 Å². The van der Waals surface area contributed by atoms with Gasteiger partial charge in [0.25, 0.3) is 5.91 Å². The first-order chi connectivity index (χ1) is 14.8. The van der Waals surface area contributed by atoms with E-state index in [4.69, 9.17) is 27.9 Å². The molecule has 0 unspecified atom stereocenters. The van der Waals surface area contributed by atoms with E-state index in [1.165, 1.54) is 12.1 Å². The quantitative estimate of drug-likeness (QED) is 0.415. The molecular weight excluding hydrogens is 439 g/mol. The Morgan fingerprint density at radius 3 is 2.26 bits per heavy atom. The van der Waals surface area contributed by atoms with Gasteiger partial charge in [-0.1, -0.05) is 71.2 Å². The molecule has 0 aliphatic rings. The van der Waals surface area contributed by atoms with Crippen molar-refractivity contribution in [2.75, 3.05) is 11.9 Å². The molecule has 0 bridgehead atoms. The van der Waals surface area contributed by atoms with Crippen molar-refractivity contribution >= 4 is 46.7 Å². The molecule has 0 atom stereocenters. The monoisotopic (exact) mass is 456 g/mol. The number of aromatic nitrogens is 1. The first-order valence-electron chi connectivity index (χ1n) is 9.26. The Bertz CT molecular complexity index is 1160. The zero-order valence-corrected chi connectivity index (χ0v) is 18.3. The van der Waals surface area contributed by atoms with Crippen LogP contribution in [-0.4, -0.2) is 29.3 Å². The van der Waals surface area contributed by atoms with E-state index >= 15 is 0 Å². The molecule has 8 heteroatoms. The van der Waals surface area contributed by atoms with E-state index in [1.54, 1.807) is 37.3 Å². The number of ketones is 1. The van der Waals surface area contributed by atoms with Crippen LogP contribution < -0.4 is 5.32 Å². The summed E-state index contributed by atoms with van der Waals surface area (Å²) >= 11 is 11.9. The number of halogens is 2. The van der Waals surface area contributed by atoms with Gasteiger partial charge in [-0.2, -0.15) is 0 Å².